The van der Waals surface area contributed by atoms with E-state index in [0.29, 0.717) is 0 Å². The maximum absolute atomic E-state index is 12.0. The van der Waals surface area contributed by atoms with E-state index in [1.165, 1.54) is 13.0 Å². The van der Waals surface area contributed by atoms with Crippen molar-refractivity contribution in [3.05, 3.63) is 17.7 Å². The zero-order chi connectivity index (χ0) is 14.8. The van der Waals surface area contributed by atoms with Crippen molar-refractivity contribution >= 4 is 15.7 Å². The van der Waals surface area contributed by atoms with Crippen LogP contribution in [0.3, 0.4) is 0 Å². The lowest BCUT2D eigenvalue weighted by atomic mass is 10.2. The van der Waals surface area contributed by atoms with Gasteiger partial charge < -0.3 is 10.5 Å². The first-order valence-electron chi connectivity index (χ1n) is 5.13. The van der Waals surface area contributed by atoms with Gasteiger partial charge in [0.2, 0.25) is 10.0 Å². The van der Waals surface area contributed by atoms with Gasteiger partial charge in [-0.1, -0.05) is 0 Å². The SMILES string of the molecule is Cc1c(OCCC(F)(F)F)cc(N)cc1S(N)(=O)=O. The Morgan fingerprint density at radius 2 is 1.89 bits per heavy atom. The lowest BCUT2D eigenvalue weighted by Gasteiger charge is -2.13. The Morgan fingerprint density at radius 3 is 2.37 bits per heavy atom. The molecule has 0 fully saturated rings. The van der Waals surface area contributed by atoms with Crippen LogP contribution in [0.2, 0.25) is 0 Å². The minimum Gasteiger partial charge on any atom is -0.493 e. The van der Waals surface area contributed by atoms with Crippen LogP contribution in [0, 0.1) is 6.92 Å². The van der Waals surface area contributed by atoms with Gasteiger partial charge in [0.15, 0.2) is 0 Å². The molecule has 0 amide bonds. The van der Waals surface area contributed by atoms with E-state index in [4.69, 9.17) is 15.6 Å². The summed E-state index contributed by atoms with van der Waals surface area (Å²) in [4.78, 5) is -0.269. The maximum atomic E-state index is 12.0. The minimum atomic E-state index is -4.35. The Morgan fingerprint density at radius 1 is 1.32 bits per heavy atom. The van der Waals surface area contributed by atoms with E-state index in [-0.39, 0.29) is 21.9 Å². The van der Waals surface area contributed by atoms with Crippen LogP contribution < -0.4 is 15.6 Å². The molecule has 19 heavy (non-hydrogen) atoms. The van der Waals surface area contributed by atoms with Crippen molar-refractivity contribution in [2.75, 3.05) is 12.3 Å². The molecule has 0 aliphatic heterocycles. The maximum Gasteiger partial charge on any atom is 0.392 e. The van der Waals surface area contributed by atoms with E-state index < -0.39 is 29.2 Å². The number of benzene rings is 1. The Balaban J connectivity index is 3.00. The molecule has 0 saturated heterocycles. The van der Waals surface area contributed by atoms with Gasteiger partial charge in [-0.2, -0.15) is 13.2 Å². The quantitative estimate of drug-likeness (QED) is 0.824. The fourth-order valence-electron chi connectivity index (χ4n) is 1.40. The zero-order valence-electron chi connectivity index (χ0n) is 9.99. The highest BCUT2D eigenvalue weighted by Crippen LogP contribution is 2.29. The molecular formula is C10H13F3N2O3S. The standard InChI is InChI=1S/C10H13F3N2O3S/c1-6-8(18-3-2-10(11,12)13)4-7(14)5-9(6)19(15,16)17/h4-5H,2-3,14H2,1H3,(H2,15,16,17). The highest BCUT2D eigenvalue weighted by molar-refractivity contribution is 7.89. The van der Waals surface area contributed by atoms with Crippen molar-refractivity contribution < 1.29 is 26.3 Å². The molecule has 9 heteroatoms. The van der Waals surface area contributed by atoms with Crippen molar-refractivity contribution in [3.63, 3.8) is 0 Å². The fraction of sp³-hybridized carbons (Fsp3) is 0.400. The zero-order valence-corrected chi connectivity index (χ0v) is 10.8. The molecular weight excluding hydrogens is 285 g/mol. The van der Waals surface area contributed by atoms with Gasteiger partial charge in [-0.15, -0.1) is 0 Å². The second-order valence-corrected chi connectivity index (χ2v) is 5.43. The van der Waals surface area contributed by atoms with E-state index >= 15 is 0 Å². The van der Waals surface area contributed by atoms with Crippen molar-refractivity contribution in [3.8, 4) is 5.75 Å². The highest BCUT2D eigenvalue weighted by Gasteiger charge is 2.27. The summed E-state index contributed by atoms with van der Waals surface area (Å²) in [5.41, 5.74) is 5.62. The lowest BCUT2D eigenvalue weighted by molar-refractivity contribution is -0.139. The summed E-state index contributed by atoms with van der Waals surface area (Å²) in [5.74, 6) is -0.0340. The number of sulfonamides is 1. The van der Waals surface area contributed by atoms with Gasteiger partial charge in [-0.3, -0.25) is 0 Å². The Kier molecular flexibility index (Phi) is 4.31. The molecule has 0 aromatic heterocycles. The molecule has 1 aromatic rings. The molecule has 0 saturated carbocycles. The van der Waals surface area contributed by atoms with Crippen molar-refractivity contribution in [2.45, 2.75) is 24.4 Å². The third-order valence-corrected chi connectivity index (χ3v) is 3.32. The topological polar surface area (TPSA) is 95.4 Å². The summed E-state index contributed by atoms with van der Waals surface area (Å²) in [6.45, 7) is 0.750. The minimum absolute atomic E-state index is 0.0340. The van der Waals surface area contributed by atoms with Gasteiger partial charge in [0.05, 0.1) is 17.9 Å². The van der Waals surface area contributed by atoms with E-state index in [1.54, 1.807) is 0 Å². The molecule has 5 nitrogen and oxygen atoms in total. The largest absolute Gasteiger partial charge is 0.493 e. The van der Waals surface area contributed by atoms with Gasteiger partial charge in [-0.25, -0.2) is 13.6 Å². The number of anilines is 1. The number of hydrogen-bond donors (Lipinski definition) is 2. The number of hydrogen-bond acceptors (Lipinski definition) is 4. The Hall–Kier alpha value is -1.48. The second kappa shape index (κ2) is 5.25. The number of ether oxygens (including phenoxy) is 1. The molecule has 0 unspecified atom stereocenters. The van der Waals surface area contributed by atoms with Crippen molar-refractivity contribution in [1.82, 2.24) is 0 Å². The van der Waals surface area contributed by atoms with Crippen LogP contribution in [0.25, 0.3) is 0 Å². The molecule has 0 aliphatic rings. The van der Waals surface area contributed by atoms with Crippen molar-refractivity contribution in [2.24, 2.45) is 5.14 Å². The lowest BCUT2D eigenvalue weighted by Crippen LogP contribution is -2.16. The molecule has 4 N–H and O–H groups in total. The molecule has 0 heterocycles. The molecule has 0 radical (unpaired) electrons. The number of halogens is 3. The van der Waals surface area contributed by atoms with Gasteiger partial charge in [0.1, 0.15) is 5.75 Å². The molecule has 0 atom stereocenters. The first-order chi connectivity index (χ1) is 8.50. The first kappa shape index (κ1) is 15.6. The van der Waals surface area contributed by atoms with Crippen LogP contribution in [-0.4, -0.2) is 21.2 Å². The van der Waals surface area contributed by atoms with Gasteiger partial charge in [0.25, 0.3) is 0 Å². The van der Waals surface area contributed by atoms with Crippen LogP contribution in [0.5, 0.6) is 5.75 Å². The predicted octanol–water partition coefficient (Wildman–Crippen LogP) is 1.56. The van der Waals surface area contributed by atoms with Crippen LogP contribution in [0.4, 0.5) is 18.9 Å². The van der Waals surface area contributed by atoms with Gasteiger partial charge in [-0.05, 0) is 13.0 Å². The van der Waals surface area contributed by atoms with E-state index in [1.807, 2.05) is 0 Å². The molecule has 1 aromatic carbocycles. The van der Waals surface area contributed by atoms with Crippen molar-refractivity contribution in [1.29, 1.82) is 0 Å². The average Bonchev–Trinajstić information content (AvgIpc) is 2.19. The van der Waals surface area contributed by atoms with Crippen LogP contribution in [0.15, 0.2) is 17.0 Å². The van der Waals surface area contributed by atoms with E-state index in [0.717, 1.165) is 6.07 Å². The third kappa shape index (κ3) is 4.60. The molecule has 0 bridgehead atoms. The summed E-state index contributed by atoms with van der Waals surface area (Å²) in [6.07, 6.45) is -5.50. The third-order valence-electron chi connectivity index (χ3n) is 2.28. The molecule has 108 valence electrons. The highest BCUT2D eigenvalue weighted by atomic mass is 32.2. The normalized spacial score (nSPS) is 12.5. The summed E-state index contributed by atoms with van der Waals surface area (Å²) in [6, 6.07) is 2.38. The van der Waals surface area contributed by atoms with E-state index in [2.05, 4.69) is 0 Å². The summed E-state index contributed by atoms with van der Waals surface area (Å²) >= 11 is 0. The molecule has 0 spiro atoms. The summed E-state index contributed by atoms with van der Waals surface area (Å²) in [7, 11) is -4.01. The number of rotatable bonds is 4. The predicted molar refractivity (Wildman–Crippen MR) is 63.1 cm³/mol. The van der Waals surface area contributed by atoms with Crippen LogP contribution in [0.1, 0.15) is 12.0 Å². The first-order valence-corrected chi connectivity index (χ1v) is 6.68. The number of nitrogens with two attached hydrogens (primary N) is 2. The van der Waals surface area contributed by atoms with Crippen LogP contribution >= 0.6 is 0 Å². The van der Waals surface area contributed by atoms with Gasteiger partial charge in [0, 0.05) is 17.3 Å². The van der Waals surface area contributed by atoms with Crippen LogP contribution in [-0.2, 0) is 10.0 Å². The smallest absolute Gasteiger partial charge is 0.392 e. The summed E-state index contributed by atoms with van der Waals surface area (Å²) in [5, 5.41) is 4.97. The molecule has 1 rings (SSSR count). The molecule has 0 aliphatic carbocycles. The van der Waals surface area contributed by atoms with Gasteiger partial charge >= 0.3 is 6.18 Å². The fourth-order valence-corrected chi connectivity index (χ4v) is 2.23. The summed E-state index contributed by atoms with van der Waals surface area (Å²) < 4.78 is 63.4. The number of primary sulfonamides is 1. The average molecular weight is 298 g/mol. The Bertz CT molecular complexity index is 570. The second-order valence-electron chi connectivity index (χ2n) is 3.90. The number of alkyl halides is 3. The Labute approximate surface area is 108 Å². The van der Waals surface area contributed by atoms with E-state index in [9.17, 15) is 21.6 Å². The monoisotopic (exact) mass is 298 g/mol. The number of nitrogen functional groups attached to an aromatic ring is 1.